The van der Waals surface area contributed by atoms with Gasteiger partial charge < -0.3 is 10.2 Å². The summed E-state index contributed by atoms with van der Waals surface area (Å²) in [6.45, 7) is 9.66. The second-order valence-corrected chi connectivity index (χ2v) is 16.5. The van der Waals surface area contributed by atoms with Crippen molar-refractivity contribution in [2.24, 2.45) is 52.3 Å². The van der Waals surface area contributed by atoms with Gasteiger partial charge in [0.1, 0.15) is 5.78 Å². The van der Waals surface area contributed by atoms with E-state index in [-0.39, 0.29) is 28.6 Å². The molecule has 1 heterocycles. The molecular formula is C29H48O3S2. The van der Waals surface area contributed by atoms with Gasteiger partial charge in [-0.3, -0.25) is 4.79 Å². The molecule has 1 spiro atoms. The lowest BCUT2D eigenvalue weighted by Gasteiger charge is -2.62. The van der Waals surface area contributed by atoms with Crippen LogP contribution in [0.2, 0.25) is 0 Å². The van der Waals surface area contributed by atoms with E-state index in [1.165, 1.54) is 50.0 Å². The zero-order chi connectivity index (χ0) is 24.3. The largest absolute Gasteiger partial charge is 0.396 e. The molecule has 4 saturated carbocycles. The van der Waals surface area contributed by atoms with Gasteiger partial charge in [0.25, 0.3) is 0 Å². The smallest absolute Gasteiger partial charge is 0.136 e. The van der Waals surface area contributed by atoms with Crippen LogP contribution in [0.5, 0.6) is 0 Å². The fraction of sp³-hybridized carbons (Fsp3) is 0.966. The molecule has 5 heteroatoms. The SMILES string of the molecule is C[C@H](CO)CCC(=O)[C@@H](C)[C@@H]1C[C@@]2(C)CC[C@H]3[C@@H](CC[C@H]4C[C@@H](O)CC[C@@]43C)[C@@H]2C12SCCS2. The Kier molecular flexibility index (Phi) is 7.28. The van der Waals surface area contributed by atoms with Crippen molar-refractivity contribution in [1.82, 2.24) is 0 Å². The fourth-order valence-corrected chi connectivity index (χ4v) is 14.1. The number of Topliss-reactive ketones (excluding diaryl/α,β-unsaturated/α-hetero) is 1. The molecular weight excluding hydrogens is 460 g/mol. The molecule has 3 nitrogen and oxygen atoms in total. The summed E-state index contributed by atoms with van der Waals surface area (Å²) >= 11 is 4.47. The molecule has 5 aliphatic rings. The van der Waals surface area contributed by atoms with Gasteiger partial charge in [-0.1, -0.05) is 27.7 Å². The van der Waals surface area contributed by atoms with Crippen molar-refractivity contribution in [2.45, 2.75) is 102 Å². The fourth-order valence-electron chi connectivity index (χ4n) is 9.70. The lowest BCUT2D eigenvalue weighted by Crippen LogP contribution is -2.56. The maximum Gasteiger partial charge on any atom is 0.136 e. The molecule has 10 atom stereocenters. The number of ketones is 1. The summed E-state index contributed by atoms with van der Waals surface area (Å²) in [6.07, 6.45) is 11.1. The number of hydrogen-bond acceptors (Lipinski definition) is 5. The van der Waals surface area contributed by atoms with Gasteiger partial charge in [-0.25, -0.2) is 0 Å². The lowest BCUT2D eigenvalue weighted by molar-refractivity contribution is -0.124. The van der Waals surface area contributed by atoms with Gasteiger partial charge in [0.15, 0.2) is 0 Å². The highest BCUT2D eigenvalue weighted by Gasteiger charge is 2.69. The molecule has 5 fully saturated rings. The molecule has 0 amide bonds. The van der Waals surface area contributed by atoms with Crippen LogP contribution in [-0.2, 0) is 4.79 Å². The number of rotatable bonds is 6. The highest BCUT2D eigenvalue weighted by molar-refractivity contribution is 8.21. The zero-order valence-electron chi connectivity index (χ0n) is 21.9. The van der Waals surface area contributed by atoms with E-state index in [0.717, 1.165) is 37.0 Å². The predicted octanol–water partition coefficient (Wildman–Crippen LogP) is 6.41. The Bertz CT molecular complexity index is 766. The van der Waals surface area contributed by atoms with E-state index in [0.29, 0.717) is 34.9 Å². The third kappa shape index (κ3) is 4.06. The molecule has 0 aromatic heterocycles. The normalized spacial score (nSPS) is 47.0. The van der Waals surface area contributed by atoms with E-state index in [1.807, 2.05) is 0 Å². The van der Waals surface area contributed by atoms with Gasteiger partial charge in [-0.05, 0) is 104 Å². The number of hydrogen-bond donors (Lipinski definition) is 2. The van der Waals surface area contributed by atoms with Crippen LogP contribution in [0.3, 0.4) is 0 Å². The molecule has 34 heavy (non-hydrogen) atoms. The van der Waals surface area contributed by atoms with Crippen LogP contribution in [0, 0.1) is 52.3 Å². The van der Waals surface area contributed by atoms with Gasteiger partial charge in [0.2, 0.25) is 0 Å². The van der Waals surface area contributed by atoms with Gasteiger partial charge in [-0.15, -0.1) is 23.5 Å². The Morgan fingerprint density at radius 3 is 2.50 bits per heavy atom. The van der Waals surface area contributed by atoms with Crippen molar-refractivity contribution >= 4 is 29.3 Å². The second kappa shape index (κ2) is 9.55. The Balaban J connectivity index is 1.43. The summed E-state index contributed by atoms with van der Waals surface area (Å²) in [5.41, 5.74) is 0.763. The minimum atomic E-state index is -0.0768. The summed E-state index contributed by atoms with van der Waals surface area (Å²) in [5, 5.41) is 19.8. The first-order chi connectivity index (χ1) is 16.1. The van der Waals surface area contributed by atoms with Crippen molar-refractivity contribution in [3.8, 4) is 0 Å². The van der Waals surface area contributed by atoms with Crippen molar-refractivity contribution in [3.63, 3.8) is 0 Å². The first kappa shape index (κ1) is 25.9. The number of carbonyl (C=O) groups is 1. The molecule has 2 N–H and O–H groups in total. The molecule has 0 aromatic rings. The summed E-state index contributed by atoms with van der Waals surface area (Å²) < 4.78 is 0.215. The van der Waals surface area contributed by atoms with Crippen molar-refractivity contribution < 1.29 is 15.0 Å². The summed E-state index contributed by atoms with van der Waals surface area (Å²) in [7, 11) is 0. The van der Waals surface area contributed by atoms with E-state index < -0.39 is 0 Å². The monoisotopic (exact) mass is 508 g/mol. The topological polar surface area (TPSA) is 57.5 Å². The standard InChI is InChI=1S/C29H48O3S2/c1-18(17-30)5-8-25(32)19(2)24-16-27(3)11-10-23-22(26(27)29(24)33-13-14-34-29)7-6-20-15-21(31)9-12-28(20,23)4/h18-24,26,30-31H,5-17H2,1-4H3/t18-,19-,20-,21-,22+,23-,24-,26-,27+,28-/m0/s1. The molecule has 1 aliphatic heterocycles. The number of aliphatic hydroxyl groups excluding tert-OH is 2. The number of carbonyl (C=O) groups excluding carboxylic acids is 1. The minimum Gasteiger partial charge on any atom is -0.396 e. The Labute approximate surface area is 216 Å². The quantitative estimate of drug-likeness (QED) is 0.434. The van der Waals surface area contributed by atoms with Gasteiger partial charge in [-0.2, -0.15) is 0 Å². The van der Waals surface area contributed by atoms with Crippen LogP contribution in [0.25, 0.3) is 0 Å². The first-order valence-electron chi connectivity index (χ1n) is 14.2. The minimum absolute atomic E-state index is 0.0768. The van der Waals surface area contributed by atoms with E-state index in [4.69, 9.17) is 0 Å². The van der Waals surface area contributed by atoms with Gasteiger partial charge in [0, 0.05) is 30.5 Å². The van der Waals surface area contributed by atoms with E-state index in [2.05, 4.69) is 51.2 Å². The molecule has 0 aromatic carbocycles. The molecule has 5 rings (SSSR count). The van der Waals surface area contributed by atoms with Crippen molar-refractivity contribution in [2.75, 3.05) is 18.1 Å². The average molecular weight is 509 g/mol. The Morgan fingerprint density at radius 1 is 1.06 bits per heavy atom. The third-order valence-electron chi connectivity index (χ3n) is 11.6. The average Bonchev–Trinajstić information content (AvgIpc) is 3.40. The van der Waals surface area contributed by atoms with Gasteiger partial charge >= 0.3 is 0 Å². The maximum absolute atomic E-state index is 13.4. The highest BCUT2D eigenvalue weighted by atomic mass is 32.2. The molecule has 0 bridgehead atoms. The number of thioether (sulfide) groups is 2. The van der Waals surface area contributed by atoms with Crippen LogP contribution in [0.4, 0.5) is 0 Å². The van der Waals surface area contributed by atoms with E-state index in [9.17, 15) is 15.0 Å². The third-order valence-corrected chi connectivity index (χ3v) is 15.4. The summed E-state index contributed by atoms with van der Waals surface area (Å²) in [5.74, 6) is 6.74. The number of aliphatic hydroxyl groups is 2. The van der Waals surface area contributed by atoms with Crippen molar-refractivity contribution in [3.05, 3.63) is 0 Å². The maximum atomic E-state index is 13.4. The molecule has 194 valence electrons. The first-order valence-corrected chi connectivity index (χ1v) is 16.2. The van der Waals surface area contributed by atoms with E-state index >= 15 is 0 Å². The van der Waals surface area contributed by atoms with Crippen LogP contribution in [-0.4, -0.2) is 44.3 Å². The Morgan fingerprint density at radius 2 is 1.79 bits per heavy atom. The van der Waals surface area contributed by atoms with E-state index in [1.54, 1.807) is 0 Å². The van der Waals surface area contributed by atoms with Crippen LogP contribution in [0.1, 0.15) is 91.9 Å². The van der Waals surface area contributed by atoms with Crippen LogP contribution >= 0.6 is 23.5 Å². The highest BCUT2D eigenvalue weighted by Crippen LogP contribution is 2.76. The van der Waals surface area contributed by atoms with Crippen molar-refractivity contribution in [1.29, 1.82) is 0 Å². The number of fused-ring (bicyclic) bond motifs is 6. The van der Waals surface area contributed by atoms with Crippen LogP contribution in [0.15, 0.2) is 0 Å². The lowest BCUT2D eigenvalue weighted by atomic mass is 9.45. The summed E-state index contributed by atoms with van der Waals surface area (Å²) in [4.78, 5) is 13.4. The Hall–Kier alpha value is 0.290. The molecule has 0 radical (unpaired) electrons. The molecule has 0 unspecified atom stereocenters. The zero-order valence-corrected chi connectivity index (χ0v) is 23.6. The summed E-state index contributed by atoms with van der Waals surface area (Å²) in [6, 6.07) is 0. The molecule has 4 aliphatic carbocycles. The predicted molar refractivity (Wildman–Crippen MR) is 144 cm³/mol. The molecule has 1 saturated heterocycles. The van der Waals surface area contributed by atoms with Crippen LogP contribution < -0.4 is 0 Å². The second-order valence-electron chi connectivity index (χ2n) is 13.5. The van der Waals surface area contributed by atoms with Gasteiger partial charge in [0.05, 0.1) is 10.2 Å².